The molecule has 146 valence electrons. The van der Waals surface area contributed by atoms with Crippen LogP contribution in [0.3, 0.4) is 0 Å². The van der Waals surface area contributed by atoms with Crippen LogP contribution in [-0.4, -0.2) is 34.2 Å². The Bertz CT molecular complexity index is 1250. The van der Waals surface area contributed by atoms with Gasteiger partial charge in [-0.2, -0.15) is 20.6 Å². The van der Waals surface area contributed by atoms with Crippen LogP contribution >= 0.6 is 0 Å². The largest absolute Gasteiger partial charge is 0.275 e. The predicted molar refractivity (Wildman–Crippen MR) is 108 cm³/mol. The van der Waals surface area contributed by atoms with Crippen molar-refractivity contribution < 1.29 is 0 Å². The summed E-state index contributed by atoms with van der Waals surface area (Å²) in [7, 11) is 1.89. The highest BCUT2D eigenvalue weighted by atomic mass is 15.3. The first kappa shape index (κ1) is 17.6. The second kappa shape index (κ2) is 6.27. The fraction of sp³-hybridized carbons (Fsp3) is 0.381. The van der Waals surface area contributed by atoms with Crippen molar-refractivity contribution in [3.05, 3.63) is 42.7 Å². The molecular formula is C21H22N8. The van der Waals surface area contributed by atoms with Crippen LogP contribution in [0.4, 0.5) is 0 Å². The normalized spacial score (nSPS) is 21.2. The topological polar surface area (TPSA) is 89.6 Å². The van der Waals surface area contributed by atoms with Gasteiger partial charge in [-0.05, 0) is 31.2 Å². The van der Waals surface area contributed by atoms with E-state index >= 15 is 0 Å². The van der Waals surface area contributed by atoms with E-state index in [2.05, 4.69) is 28.3 Å². The summed E-state index contributed by atoms with van der Waals surface area (Å²) in [6, 6.07) is 2.35. The first-order valence-electron chi connectivity index (χ1n) is 9.75. The molecule has 1 fully saturated rings. The molecule has 0 radical (unpaired) electrons. The van der Waals surface area contributed by atoms with Crippen molar-refractivity contribution in [1.29, 1.82) is 5.26 Å². The van der Waals surface area contributed by atoms with Gasteiger partial charge in [-0.15, -0.1) is 0 Å². The second-order valence-electron chi connectivity index (χ2n) is 8.24. The van der Waals surface area contributed by atoms with Gasteiger partial charge in [0.1, 0.15) is 5.69 Å². The molecule has 1 aliphatic rings. The summed E-state index contributed by atoms with van der Waals surface area (Å²) in [4.78, 5) is 4.96. The third kappa shape index (κ3) is 2.73. The van der Waals surface area contributed by atoms with Gasteiger partial charge in [0.25, 0.3) is 0 Å². The molecule has 0 saturated heterocycles. The molecule has 0 amide bonds. The number of hydrogen-bond acceptors (Lipinski definition) is 5. The lowest BCUT2D eigenvalue weighted by atomic mass is 9.67. The van der Waals surface area contributed by atoms with Gasteiger partial charge in [0, 0.05) is 30.6 Å². The van der Waals surface area contributed by atoms with E-state index in [0.717, 1.165) is 46.4 Å². The average molecular weight is 386 g/mol. The lowest BCUT2D eigenvalue weighted by Gasteiger charge is -2.45. The maximum atomic E-state index is 9.33. The lowest BCUT2D eigenvalue weighted by molar-refractivity contribution is 0.0682. The van der Waals surface area contributed by atoms with Crippen LogP contribution in [0, 0.1) is 24.2 Å². The second-order valence-corrected chi connectivity index (χ2v) is 8.24. The predicted octanol–water partition coefficient (Wildman–Crippen LogP) is 3.34. The number of aryl methyl sites for hydroxylation is 2. The van der Waals surface area contributed by atoms with E-state index in [1.807, 2.05) is 54.2 Å². The standard InChI is InChI=1S/C21H22N8/c1-14-6-21(7-14,4-5-22)29-12-17(10-25-29)19-20-15(2)8-24-28(20)13-18(26-19)16-9-23-27(3)11-16/h8-14H,4,6-7H2,1-3H3/t14-,21-. The van der Waals surface area contributed by atoms with Crippen LogP contribution in [0.25, 0.3) is 28.0 Å². The Balaban J connectivity index is 1.64. The summed E-state index contributed by atoms with van der Waals surface area (Å²) in [5.74, 6) is 0.617. The van der Waals surface area contributed by atoms with Crippen LogP contribution in [0.5, 0.6) is 0 Å². The summed E-state index contributed by atoms with van der Waals surface area (Å²) in [6.45, 7) is 4.25. The number of aromatic nitrogens is 7. The van der Waals surface area contributed by atoms with E-state index in [4.69, 9.17) is 4.98 Å². The van der Waals surface area contributed by atoms with Crippen molar-refractivity contribution in [2.75, 3.05) is 0 Å². The first-order valence-corrected chi connectivity index (χ1v) is 9.75. The molecule has 0 aliphatic heterocycles. The van der Waals surface area contributed by atoms with E-state index < -0.39 is 0 Å². The monoisotopic (exact) mass is 386 g/mol. The minimum Gasteiger partial charge on any atom is -0.275 e. The molecule has 1 saturated carbocycles. The summed E-state index contributed by atoms with van der Waals surface area (Å²) in [5, 5.41) is 22.7. The van der Waals surface area contributed by atoms with Crippen LogP contribution < -0.4 is 0 Å². The van der Waals surface area contributed by atoms with Crippen molar-refractivity contribution in [3.8, 4) is 28.6 Å². The third-order valence-corrected chi connectivity index (χ3v) is 5.89. The fourth-order valence-electron chi connectivity index (χ4n) is 4.56. The summed E-state index contributed by atoms with van der Waals surface area (Å²) < 4.78 is 5.61. The molecule has 0 aromatic carbocycles. The van der Waals surface area contributed by atoms with Crippen molar-refractivity contribution in [2.45, 2.75) is 38.6 Å². The Kier molecular flexibility index (Phi) is 3.81. The zero-order chi connectivity index (χ0) is 20.2. The van der Waals surface area contributed by atoms with Gasteiger partial charge in [0.05, 0.1) is 54.0 Å². The molecule has 5 rings (SSSR count). The van der Waals surface area contributed by atoms with Gasteiger partial charge < -0.3 is 0 Å². The Hall–Kier alpha value is -3.47. The van der Waals surface area contributed by atoms with Crippen LogP contribution in [0.2, 0.25) is 0 Å². The number of nitrogens with zero attached hydrogens (tertiary/aromatic N) is 8. The molecule has 1 aliphatic carbocycles. The van der Waals surface area contributed by atoms with Crippen molar-refractivity contribution in [3.63, 3.8) is 0 Å². The zero-order valence-corrected chi connectivity index (χ0v) is 16.7. The minimum atomic E-state index is -0.195. The van der Waals surface area contributed by atoms with E-state index in [-0.39, 0.29) is 5.54 Å². The van der Waals surface area contributed by atoms with Gasteiger partial charge in [0.2, 0.25) is 0 Å². The van der Waals surface area contributed by atoms with E-state index in [0.29, 0.717) is 12.3 Å². The highest BCUT2D eigenvalue weighted by molar-refractivity contribution is 5.80. The number of rotatable bonds is 4. The molecule has 0 bridgehead atoms. The quantitative estimate of drug-likeness (QED) is 0.537. The lowest BCUT2D eigenvalue weighted by Crippen LogP contribution is -2.45. The highest BCUT2D eigenvalue weighted by Gasteiger charge is 2.44. The van der Waals surface area contributed by atoms with Gasteiger partial charge in [-0.3, -0.25) is 9.36 Å². The SMILES string of the molecule is Cc1cnn2cc(-c3cnn(C)c3)nc(-c3cnn([C@]4(CC#N)C[C@@H](C)C4)c3)c12. The van der Waals surface area contributed by atoms with Gasteiger partial charge in [-0.25, -0.2) is 9.50 Å². The fourth-order valence-corrected chi connectivity index (χ4v) is 4.56. The van der Waals surface area contributed by atoms with Crippen LogP contribution in [0.15, 0.2) is 37.2 Å². The Morgan fingerprint density at radius 2 is 1.90 bits per heavy atom. The molecule has 4 aromatic rings. The van der Waals surface area contributed by atoms with Crippen LogP contribution in [0.1, 0.15) is 31.7 Å². The van der Waals surface area contributed by atoms with Crippen LogP contribution in [-0.2, 0) is 12.6 Å². The Labute approximate surface area is 168 Å². The minimum absolute atomic E-state index is 0.195. The van der Waals surface area contributed by atoms with Gasteiger partial charge in [0.15, 0.2) is 0 Å². The summed E-state index contributed by atoms with van der Waals surface area (Å²) >= 11 is 0. The third-order valence-electron chi connectivity index (χ3n) is 5.89. The maximum absolute atomic E-state index is 9.33. The molecular weight excluding hydrogens is 364 g/mol. The highest BCUT2D eigenvalue weighted by Crippen LogP contribution is 2.46. The molecule has 8 heteroatoms. The number of nitriles is 1. The van der Waals surface area contributed by atoms with Crippen molar-refractivity contribution in [2.24, 2.45) is 13.0 Å². The molecule has 0 atom stereocenters. The molecule has 0 unspecified atom stereocenters. The van der Waals surface area contributed by atoms with Gasteiger partial charge in [-0.1, -0.05) is 6.92 Å². The molecule has 0 spiro atoms. The van der Waals surface area contributed by atoms with Crippen molar-refractivity contribution in [1.82, 2.24) is 34.2 Å². The van der Waals surface area contributed by atoms with Gasteiger partial charge >= 0.3 is 0 Å². The molecule has 0 N–H and O–H groups in total. The Morgan fingerprint density at radius 1 is 1.10 bits per heavy atom. The number of hydrogen-bond donors (Lipinski definition) is 0. The van der Waals surface area contributed by atoms with E-state index in [1.165, 1.54) is 0 Å². The first-order chi connectivity index (χ1) is 14.0. The molecule has 29 heavy (non-hydrogen) atoms. The molecule has 4 heterocycles. The summed E-state index contributed by atoms with van der Waals surface area (Å²) in [5.41, 5.74) is 5.34. The van der Waals surface area contributed by atoms with Crippen molar-refractivity contribution >= 4 is 5.52 Å². The maximum Gasteiger partial charge on any atom is 0.100 e. The smallest absolute Gasteiger partial charge is 0.100 e. The number of fused-ring (bicyclic) bond motifs is 1. The summed E-state index contributed by atoms with van der Waals surface area (Å²) in [6.07, 6.45) is 13.8. The molecule has 8 nitrogen and oxygen atoms in total. The molecule has 4 aromatic heterocycles. The van der Waals surface area contributed by atoms with E-state index in [1.54, 1.807) is 10.9 Å². The average Bonchev–Trinajstić information content (AvgIpc) is 3.40. The zero-order valence-electron chi connectivity index (χ0n) is 16.7. The van der Waals surface area contributed by atoms with E-state index in [9.17, 15) is 5.26 Å². The Morgan fingerprint density at radius 3 is 2.59 bits per heavy atom.